The highest BCUT2D eigenvalue weighted by atomic mass is 16.2. The maximum Gasteiger partial charge on any atom is 0.225 e. The van der Waals surface area contributed by atoms with Gasteiger partial charge in [-0.1, -0.05) is 13.3 Å². The molecule has 1 amide bonds. The Labute approximate surface area is 105 Å². The number of likely N-dealkylation sites (tertiary alicyclic amines) is 1. The molecule has 17 heavy (non-hydrogen) atoms. The third-order valence-electron chi connectivity index (χ3n) is 4.46. The van der Waals surface area contributed by atoms with Crippen LogP contribution in [0.15, 0.2) is 0 Å². The zero-order chi connectivity index (χ0) is 12.4. The number of carbonyl (C=O) groups excluding carboxylic acids is 1. The summed E-state index contributed by atoms with van der Waals surface area (Å²) in [4.78, 5) is 14.7. The van der Waals surface area contributed by atoms with Crippen molar-refractivity contribution in [2.24, 2.45) is 17.6 Å². The van der Waals surface area contributed by atoms with E-state index in [2.05, 4.69) is 18.7 Å². The summed E-state index contributed by atoms with van der Waals surface area (Å²) in [5.41, 5.74) is 5.91. The normalized spacial score (nSPS) is 39.1. The number of hydrogen-bond donors (Lipinski definition) is 1. The first-order chi connectivity index (χ1) is 8.08. The van der Waals surface area contributed by atoms with Crippen LogP contribution in [-0.4, -0.2) is 29.4 Å². The van der Waals surface area contributed by atoms with Crippen LogP contribution in [0, 0.1) is 11.8 Å². The van der Waals surface area contributed by atoms with Crippen molar-refractivity contribution in [3.63, 3.8) is 0 Å². The number of nitrogens with zero attached hydrogens (tertiary/aromatic N) is 1. The van der Waals surface area contributed by atoms with Gasteiger partial charge in [-0.05, 0) is 44.9 Å². The van der Waals surface area contributed by atoms with Gasteiger partial charge in [-0.2, -0.15) is 0 Å². The number of amides is 1. The fraction of sp³-hybridized carbons (Fsp3) is 0.929. The standard InChI is InChI=1S/C14H26N2O/c1-10-4-3-5-11(2)16(9-10)14(17)12-6-7-13(15)8-12/h10-13H,3-9,15H2,1-2H3. The smallest absolute Gasteiger partial charge is 0.225 e. The summed E-state index contributed by atoms with van der Waals surface area (Å²) in [5, 5.41) is 0. The number of carbonyl (C=O) groups is 1. The number of nitrogens with two attached hydrogens (primary N) is 1. The Bertz CT molecular complexity index is 279. The second-order valence-electron chi connectivity index (χ2n) is 6.15. The monoisotopic (exact) mass is 238 g/mol. The predicted molar refractivity (Wildman–Crippen MR) is 69.5 cm³/mol. The van der Waals surface area contributed by atoms with Crippen LogP contribution in [0.25, 0.3) is 0 Å². The lowest BCUT2D eigenvalue weighted by atomic mass is 10.0. The zero-order valence-electron chi connectivity index (χ0n) is 11.2. The van der Waals surface area contributed by atoms with Gasteiger partial charge in [0.15, 0.2) is 0 Å². The lowest BCUT2D eigenvalue weighted by Gasteiger charge is -2.31. The van der Waals surface area contributed by atoms with Gasteiger partial charge < -0.3 is 10.6 Å². The largest absolute Gasteiger partial charge is 0.339 e. The minimum absolute atomic E-state index is 0.206. The minimum atomic E-state index is 0.206. The molecule has 2 fully saturated rings. The molecule has 1 aliphatic carbocycles. The molecule has 1 saturated carbocycles. The summed E-state index contributed by atoms with van der Waals surface area (Å²) in [6.07, 6.45) is 6.60. The van der Waals surface area contributed by atoms with Gasteiger partial charge in [0.2, 0.25) is 5.91 Å². The molecule has 2 N–H and O–H groups in total. The lowest BCUT2D eigenvalue weighted by molar-refractivity contribution is -0.137. The Morgan fingerprint density at radius 3 is 2.59 bits per heavy atom. The molecule has 1 saturated heterocycles. The maximum absolute atomic E-state index is 12.5. The first kappa shape index (κ1) is 12.9. The van der Waals surface area contributed by atoms with E-state index in [0.29, 0.717) is 17.9 Å². The summed E-state index contributed by atoms with van der Waals surface area (Å²) in [6.45, 7) is 5.41. The highest BCUT2D eigenvalue weighted by Crippen LogP contribution is 2.29. The summed E-state index contributed by atoms with van der Waals surface area (Å²) < 4.78 is 0. The fourth-order valence-electron chi connectivity index (χ4n) is 3.31. The molecule has 4 unspecified atom stereocenters. The molecule has 3 nitrogen and oxygen atoms in total. The quantitative estimate of drug-likeness (QED) is 0.761. The molecule has 2 aliphatic rings. The van der Waals surface area contributed by atoms with Crippen LogP contribution < -0.4 is 5.73 Å². The lowest BCUT2D eigenvalue weighted by Crippen LogP contribution is -2.43. The van der Waals surface area contributed by atoms with Crippen molar-refractivity contribution < 1.29 is 4.79 Å². The van der Waals surface area contributed by atoms with Crippen LogP contribution in [0.1, 0.15) is 52.4 Å². The molecule has 4 atom stereocenters. The van der Waals surface area contributed by atoms with Crippen LogP contribution >= 0.6 is 0 Å². The van der Waals surface area contributed by atoms with E-state index >= 15 is 0 Å². The van der Waals surface area contributed by atoms with Crippen molar-refractivity contribution in [2.75, 3.05) is 6.54 Å². The summed E-state index contributed by atoms with van der Waals surface area (Å²) >= 11 is 0. The zero-order valence-corrected chi connectivity index (χ0v) is 11.2. The van der Waals surface area contributed by atoms with E-state index < -0.39 is 0 Å². The van der Waals surface area contributed by atoms with Crippen LogP contribution in [0.2, 0.25) is 0 Å². The van der Waals surface area contributed by atoms with Gasteiger partial charge in [0.05, 0.1) is 0 Å². The Morgan fingerprint density at radius 1 is 1.18 bits per heavy atom. The van der Waals surface area contributed by atoms with E-state index in [1.165, 1.54) is 12.8 Å². The van der Waals surface area contributed by atoms with E-state index in [1.807, 2.05) is 0 Å². The number of rotatable bonds is 1. The van der Waals surface area contributed by atoms with Crippen LogP contribution in [0.5, 0.6) is 0 Å². The fourth-order valence-corrected chi connectivity index (χ4v) is 3.31. The van der Waals surface area contributed by atoms with E-state index in [-0.39, 0.29) is 12.0 Å². The topological polar surface area (TPSA) is 46.3 Å². The second kappa shape index (κ2) is 5.38. The molecule has 0 aromatic rings. The summed E-state index contributed by atoms with van der Waals surface area (Å²) in [5.74, 6) is 1.23. The van der Waals surface area contributed by atoms with Crippen molar-refractivity contribution >= 4 is 5.91 Å². The van der Waals surface area contributed by atoms with E-state index in [0.717, 1.165) is 32.2 Å². The Balaban J connectivity index is 2.00. The minimum Gasteiger partial charge on any atom is -0.339 e. The third-order valence-corrected chi connectivity index (χ3v) is 4.46. The van der Waals surface area contributed by atoms with Gasteiger partial charge in [-0.25, -0.2) is 0 Å². The van der Waals surface area contributed by atoms with Crippen molar-refractivity contribution in [3.8, 4) is 0 Å². The molecule has 0 aromatic carbocycles. The molecule has 0 radical (unpaired) electrons. The van der Waals surface area contributed by atoms with Gasteiger partial charge in [-0.15, -0.1) is 0 Å². The van der Waals surface area contributed by atoms with Crippen molar-refractivity contribution in [1.82, 2.24) is 4.90 Å². The molecular weight excluding hydrogens is 212 g/mol. The molecule has 0 bridgehead atoms. The summed E-state index contributed by atoms with van der Waals surface area (Å²) in [7, 11) is 0. The highest BCUT2D eigenvalue weighted by molar-refractivity contribution is 5.79. The van der Waals surface area contributed by atoms with Crippen molar-refractivity contribution in [2.45, 2.75) is 64.5 Å². The Kier molecular flexibility index (Phi) is 4.08. The molecule has 0 aromatic heterocycles. The first-order valence-electron chi connectivity index (χ1n) is 7.14. The van der Waals surface area contributed by atoms with Crippen molar-refractivity contribution in [1.29, 1.82) is 0 Å². The SMILES string of the molecule is CC1CCCC(C)N(C(=O)C2CCC(N)C2)C1. The average Bonchev–Trinajstić information content (AvgIpc) is 2.64. The van der Waals surface area contributed by atoms with E-state index in [1.54, 1.807) is 0 Å². The molecule has 2 rings (SSSR count). The Hall–Kier alpha value is -0.570. The van der Waals surface area contributed by atoms with Crippen LogP contribution in [-0.2, 0) is 4.79 Å². The van der Waals surface area contributed by atoms with Gasteiger partial charge in [0.25, 0.3) is 0 Å². The van der Waals surface area contributed by atoms with Gasteiger partial charge in [0, 0.05) is 24.5 Å². The molecule has 3 heteroatoms. The molecule has 98 valence electrons. The molecule has 1 aliphatic heterocycles. The van der Waals surface area contributed by atoms with Crippen molar-refractivity contribution in [3.05, 3.63) is 0 Å². The third kappa shape index (κ3) is 3.01. The molecule has 0 spiro atoms. The summed E-state index contributed by atoms with van der Waals surface area (Å²) in [6, 6.07) is 0.674. The van der Waals surface area contributed by atoms with Gasteiger partial charge in [0.1, 0.15) is 0 Å². The van der Waals surface area contributed by atoms with E-state index in [9.17, 15) is 4.79 Å². The van der Waals surface area contributed by atoms with Crippen LogP contribution in [0.3, 0.4) is 0 Å². The number of hydrogen-bond acceptors (Lipinski definition) is 2. The predicted octanol–water partition coefficient (Wildman–Crippen LogP) is 2.15. The average molecular weight is 238 g/mol. The van der Waals surface area contributed by atoms with E-state index in [4.69, 9.17) is 5.73 Å². The first-order valence-corrected chi connectivity index (χ1v) is 7.14. The second-order valence-corrected chi connectivity index (χ2v) is 6.15. The molecular formula is C14H26N2O. The van der Waals surface area contributed by atoms with Crippen LogP contribution in [0.4, 0.5) is 0 Å². The van der Waals surface area contributed by atoms with Gasteiger partial charge >= 0.3 is 0 Å². The Morgan fingerprint density at radius 2 is 1.94 bits per heavy atom. The maximum atomic E-state index is 12.5. The highest BCUT2D eigenvalue weighted by Gasteiger charge is 2.34. The van der Waals surface area contributed by atoms with Gasteiger partial charge in [-0.3, -0.25) is 4.79 Å². The molecule has 1 heterocycles.